The molecular weight excluding hydrogens is 293 g/mol. The highest BCUT2D eigenvalue weighted by molar-refractivity contribution is 5.94. The summed E-state index contributed by atoms with van der Waals surface area (Å²) in [5.74, 6) is -0.751. The summed E-state index contributed by atoms with van der Waals surface area (Å²) in [5, 5.41) is 3.92. The smallest absolute Gasteiger partial charge is 0.271 e. The highest BCUT2D eigenvalue weighted by atomic mass is 19.1. The number of carbonyl (C=O) groups is 1. The van der Waals surface area contributed by atoms with Crippen LogP contribution in [0.2, 0.25) is 0 Å². The molecule has 2 aromatic carbocycles. The highest BCUT2D eigenvalue weighted by Crippen LogP contribution is 2.13. The number of carbonyl (C=O) groups excluding carboxylic acids is 1. The van der Waals surface area contributed by atoms with Crippen LogP contribution in [0.25, 0.3) is 0 Å². The Morgan fingerprint density at radius 3 is 2.26 bits per heavy atom. The van der Waals surface area contributed by atoms with Gasteiger partial charge in [-0.05, 0) is 55.8 Å². The van der Waals surface area contributed by atoms with Crippen LogP contribution in [0.4, 0.5) is 10.1 Å². The van der Waals surface area contributed by atoms with Crippen LogP contribution in [0.3, 0.4) is 0 Å². The number of nitrogens with zero attached hydrogens (tertiary/aromatic N) is 2. The van der Waals surface area contributed by atoms with Gasteiger partial charge in [0.15, 0.2) is 0 Å². The zero-order valence-corrected chi connectivity index (χ0v) is 13.3. The van der Waals surface area contributed by atoms with Crippen LogP contribution in [0, 0.1) is 5.82 Å². The van der Waals surface area contributed by atoms with Gasteiger partial charge in [0.05, 0.1) is 6.21 Å². The maximum absolute atomic E-state index is 12.8. The molecule has 120 valence electrons. The quantitative estimate of drug-likeness (QED) is 0.656. The molecule has 0 aliphatic heterocycles. The summed E-state index contributed by atoms with van der Waals surface area (Å²) in [7, 11) is 0. The Morgan fingerprint density at radius 2 is 1.70 bits per heavy atom. The Hall–Kier alpha value is -2.69. The molecule has 1 N–H and O–H groups in total. The molecule has 1 amide bonds. The molecule has 0 aliphatic carbocycles. The molecule has 0 fully saturated rings. The second-order valence-corrected chi connectivity index (χ2v) is 4.97. The molecule has 5 heteroatoms. The van der Waals surface area contributed by atoms with Crippen molar-refractivity contribution in [1.29, 1.82) is 0 Å². The van der Waals surface area contributed by atoms with E-state index in [-0.39, 0.29) is 11.7 Å². The number of hydrogen-bond donors (Lipinski definition) is 1. The molecule has 2 rings (SSSR count). The van der Waals surface area contributed by atoms with Crippen LogP contribution in [0.15, 0.2) is 53.6 Å². The van der Waals surface area contributed by atoms with E-state index in [9.17, 15) is 9.18 Å². The highest BCUT2D eigenvalue weighted by Gasteiger charge is 2.04. The monoisotopic (exact) mass is 313 g/mol. The van der Waals surface area contributed by atoms with Crippen LogP contribution in [0.1, 0.15) is 29.8 Å². The second-order valence-electron chi connectivity index (χ2n) is 4.97. The molecular formula is C18H20FN3O. The first-order chi connectivity index (χ1) is 11.1. The van der Waals surface area contributed by atoms with Crippen LogP contribution in [-0.4, -0.2) is 25.2 Å². The molecule has 23 heavy (non-hydrogen) atoms. The lowest BCUT2D eigenvalue weighted by Crippen LogP contribution is -2.21. The number of hydrogen-bond acceptors (Lipinski definition) is 3. The molecule has 0 bridgehead atoms. The summed E-state index contributed by atoms with van der Waals surface area (Å²) >= 11 is 0. The van der Waals surface area contributed by atoms with Gasteiger partial charge in [-0.2, -0.15) is 5.10 Å². The third-order valence-electron chi connectivity index (χ3n) is 3.51. The molecule has 0 spiro atoms. The fraction of sp³-hybridized carbons (Fsp3) is 0.222. The summed E-state index contributed by atoms with van der Waals surface area (Å²) in [6, 6.07) is 13.3. The summed E-state index contributed by atoms with van der Waals surface area (Å²) in [4.78, 5) is 14.1. The van der Waals surface area contributed by atoms with Gasteiger partial charge < -0.3 is 4.90 Å². The van der Waals surface area contributed by atoms with Gasteiger partial charge in [0.1, 0.15) is 5.82 Å². The third-order valence-corrected chi connectivity index (χ3v) is 3.51. The predicted molar refractivity (Wildman–Crippen MR) is 91.5 cm³/mol. The molecule has 0 radical (unpaired) electrons. The predicted octanol–water partition coefficient (Wildman–Crippen LogP) is 3.44. The third kappa shape index (κ3) is 4.64. The van der Waals surface area contributed by atoms with Crippen molar-refractivity contribution in [3.8, 4) is 0 Å². The van der Waals surface area contributed by atoms with Crippen molar-refractivity contribution >= 4 is 17.8 Å². The van der Waals surface area contributed by atoms with E-state index in [2.05, 4.69) is 29.3 Å². The summed E-state index contributed by atoms with van der Waals surface area (Å²) in [6.07, 6.45) is 1.58. The number of hydrazone groups is 1. The largest absolute Gasteiger partial charge is 0.372 e. The molecule has 0 heterocycles. The van der Waals surface area contributed by atoms with Crippen molar-refractivity contribution in [1.82, 2.24) is 5.43 Å². The lowest BCUT2D eigenvalue weighted by atomic mass is 10.2. The standard InChI is InChI=1S/C18H20FN3O/c1-3-22(4-2)17-11-5-14(6-12-17)13-20-21-18(23)15-7-9-16(19)10-8-15/h5-13H,3-4H2,1-2H3,(H,21,23)/b20-13-. The van der Waals surface area contributed by atoms with Gasteiger partial charge in [0, 0.05) is 24.3 Å². The van der Waals surface area contributed by atoms with E-state index in [4.69, 9.17) is 0 Å². The maximum Gasteiger partial charge on any atom is 0.271 e. The lowest BCUT2D eigenvalue weighted by molar-refractivity contribution is 0.0955. The van der Waals surface area contributed by atoms with Gasteiger partial charge in [-0.3, -0.25) is 4.79 Å². The fourth-order valence-electron chi connectivity index (χ4n) is 2.19. The topological polar surface area (TPSA) is 44.7 Å². The van der Waals surface area contributed by atoms with Gasteiger partial charge >= 0.3 is 0 Å². The maximum atomic E-state index is 12.8. The van der Waals surface area contributed by atoms with E-state index in [0.29, 0.717) is 5.56 Å². The zero-order chi connectivity index (χ0) is 16.7. The first-order valence-corrected chi connectivity index (χ1v) is 7.58. The van der Waals surface area contributed by atoms with Gasteiger partial charge in [-0.15, -0.1) is 0 Å². The Balaban J connectivity index is 1.95. The zero-order valence-electron chi connectivity index (χ0n) is 13.3. The van der Waals surface area contributed by atoms with Gasteiger partial charge in [-0.1, -0.05) is 12.1 Å². The molecule has 0 aliphatic rings. The summed E-state index contributed by atoms with van der Waals surface area (Å²) in [6.45, 7) is 6.14. The van der Waals surface area contributed by atoms with E-state index in [1.165, 1.54) is 24.3 Å². The minimum absolute atomic E-state index is 0.362. The minimum Gasteiger partial charge on any atom is -0.372 e. The Bertz CT molecular complexity index is 662. The number of nitrogens with one attached hydrogen (secondary N) is 1. The molecule has 4 nitrogen and oxygen atoms in total. The Kier molecular flexibility index (Phi) is 5.86. The van der Waals surface area contributed by atoms with Crippen molar-refractivity contribution in [2.75, 3.05) is 18.0 Å². The molecule has 2 aromatic rings. The van der Waals surface area contributed by atoms with E-state index in [0.717, 1.165) is 24.3 Å². The second kappa shape index (κ2) is 8.08. The molecule has 0 saturated carbocycles. The first kappa shape index (κ1) is 16.7. The van der Waals surface area contributed by atoms with E-state index >= 15 is 0 Å². The number of halogens is 1. The summed E-state index contributed by atoms with van der Waals surface area (Å²) < 4.78 is 12.8. The number of benzene rings is 2. The van der Waals surface area contributed by atoms with Crippen LogP contribution in [-0.2, 0) is 0 Å². The molecule has 0 atom stereocenters. The SMILES string of the molecule is CCN(CC)c1ccc(/C=N\NC(=O)c2ccc(F)cc2)cc1. The molecule has 0 aromatic heterocycles. The lowest BCUT2D eigenvalue weighted by Gasteiger charge is -2.20. The number of rotatable bonds is 6. The molecule has 0 unspecified atom stereocenters. The van der Waals surface area contributed by atoms with Gasteiger partial charge in [0.2, 0.25) is 0 Å². The van der Waals surface area contributed by atoms with Gasteiger partial charge in [-0.25, -0.2) is 9.82 Å². The number of amides is 1. The summed E-state index contributed by atoms with van der Waals surface area (Å²) in [5.41, 5.74) is 4.83. The van der Waals surface area contributed by atoms with Crippen molar-refractivity contribution in [2.45, 2.75) is 13.8 Å². The van der Waals surface area contributed by atoms with E-state index in [1.54, 1.807) is 6.21 Å². The van der Waals surface area contributed by atoms with E-state index in [1.807, 2.05) is 24.3 Å². The van der Waals surface area contributed by atoms with E-state index < -0.39 is 0 Å². The molecule has 0 saturated heterocycles. The Labute approximate surface area is 135 Å². The fourth-order valence-corrected chi connectivity index (χ4v) is 2.19. The Morgan fingerprint density at radius 1 is 1.09 bits per heavy atom. The minimum atomic E-state index is -0.377. The van der Waals surface area contributed by atoms with Crippen LogP contribution >= 0.6 is 0 Å². The van der Waals surface area contributed by atoms with Crippen LogP contribution < -0.4 is 10.3 Å². The number of anilines is 1. The van der Waals surface area contributed by atoms with Crippen molar-refractivity contribution in [3.05, 3.63) is 65.5 Å². The van der Waals surface area contributed by atoms with Crippen molar-refractivity contribution in [2.24, 2.45) is 5.10 Å². The normalized spacial score (nSPS) is 10.7. The average molecular weight is 313 g/mol. The van der Waals surface area contributed by atoms with Crippen LogP contribution in [0.5, 0.6) is 0 Å². The first-order valence-electron chi connectivity index (χ1n) is 7.58. The van der Waals surface area contributed by atoms with Crippen molar-refractivity contribution in [3.63, 3.8) is 0 Å². The average Bonchev–Trinajstić information content (AvgIpc) is 2.58. The van der Waals surface area contributed by atoms with Crippen molar-refractivity contribution < 1.29 is 9.18 Å². The van der Waals surface area contributed by atoms with Gasteiger partial charge in [0.25, 0.3) is 5.91 Å².